The number of halogens is 4. The van der Waals surface area contributed by atoms with Crippen molar-refractivity contribution in [1.29, 1.82) is 0 Å². The van der Waals surface area contributed by atoms with Gasteiger partial charge in [0.1, 0.15) is 11.4 Å². The molecule has 0 heterocycles. The number of amides is 1. The summed E-state index contributed by atoms with van der Waals surface area (Å²) in [6.45, 7) is 5.32. The molecule has 1 atom stereocenters. The van der Waals surface area contributed by atoms with Gasteiger partial charge >= 0.3 is 12.3 Å². The third-order valence-electron chi connectivity index (χ3n) is 2.69. The molecule has 0 aromatic heterocycles. The van der Waals surface area contributed by atoms with Crippen molar-refractivity contribution in [3.63, 3.8) is 0 Å². The number of hydrogen-bond donors (Lipinski definition) is 2. The first-order valence-corrected chi connectivity index (χ1v) is 6.33. The summed E-state index contributed by atoms with van der Waals surface area (Å²) in [5.74, 6) is -1.30. The molecule has 0 aliphatic rings. The number of rotatable bonds is 2. The van der Waals surface area contributed by atoms with Crippen molar-refractivity contribution >= 4 is 11.8 Å². The lowest BCUT2D eigenvalue weighted by Crippen LogP contribution is -2.40. The molecule has 0 bridgehead atoms. The minimum Gasteiger partial charge on any atom is -0.444 e. The van der Waals surface area contributed by atoms with E-state index in [1.165, 1.54) is 0 Å². The maximum atomic E-state index is 13.8. The molecule has 4 nitrogen and oxygen atoms in total. The summed E-state index contributed by atoms with van der Waals surface area (Å²) >= 11 is 0. The molecule has 0 saturated heterocycles. The lowest BCUT2D eigenvalue weighted by molar-refractivity contribution is -0.259. The fourth-order valence-electron chi connectivity index (χ4n) is 1.56. The number of alkyl halides is 3. The van der Waals surface area contributed by atoms with Crippen LogP contribution in [0.1, 0.15) is 33.3 Å². The van der Waals surface area contributed by atoms with Crippen LogP contribution in [-0.2, 0) is 10.3 Å². The van der Waals surface area contributed by atoms with E-state index in [2.05, 4.69) is 5.32 Å². The SMILES string of the molecule is CC(C)(C)OC(=O)Nc1ccc(C(C)(O)C(F)(F)F)c(F)c1. The van der Waals surface area contributed by atoms with Gasteiger partial charge in [0.15, 0.2) is 5.60 Å². The fourth-order valence-corrected chi connectivity index (χ4v) is 1.56. The van der Waals surface area contributed by atoms with E-state index in [0.29, 0.717) is 13.0 Å². The third-order valence-corrected chi connectivity index (χ3v) is 2.69. The van der Waals surface area contributed by atoms with Crippen LogP contribution in [0, 0.1) is 5.82 Å². The normalized spacial score (nSPS) is 15.1. The van der Waals surface area contributed by atoms with E-state index in [1.54, 1.807) is 20.8 Å². The minimum absolute atomic E-state index is 0.0894. The molecule has 1 unspecified atom stereocenters. The van der Waals surface area contributed by atoms with Crippen LogP contribution in [0.25, 0.3) is 0 Å². The summed E-state index contributed by atoms with van der Waals surface area (Å²) in [6, 6.07) is 2.48. The highest BCUT2D eigenvalue weighted by Gasteiger charge is 2.52. The lowest BCUT2D eigenvalue weighted by Gasteiger charge is -2.27. The molecule has 124 valence electrons. The minimum atomic E-state index is -5.03. The predicted molar refractivity (Wildman–Crippen MR) is 71.9 cm³/mol. The van der Waals surface area contributed by atoms with Crippen LogP contribution in [0.5, 0.6) is 0 Å². The Kier molecular flexibility index (Phi) is 4.76. The molecule has 1 rings (SSSR count). The topological polar surface area (TPSA) is 58.6 Å². The van der Waals surface area contributed by atoms with Crippen molar-refractivity contribution in [1.82, 2.24) is 0 Å². The molecule has 2 N–H and O–H groups in total. The number of carbonyl (C=O) groups excluding carboxylic acids is 1. The van der Waals surface area contributed by atoms with Gasteiger partial charge in [-0.25, -0.2) is 9.18 Å². The molecule has 0 spiro atoms. The number of anilines is 1. The molecule has 1 aromatic carbocycles. The summed E-state index contributed by atoms with van der Waals surface area (Å²) in [5.41, 5.74) is -5.13. The van der Waals surface area contributed by atoms with Crippen LogP contribution in [0.3, 0.4) is 0 Å². The van der Waals surface area contributed by atoms with Crippen LogP contribution in [0.4, 0.5) is 28.0 Å². The largest absolute Gasteiger partial charge is 0.444 e. The average molecular weight is 323 g/mol. The number of benzene rings is 1. The van der Waals surface area contributed by atoms with E-state index >= 15 is 0 Å². The van der Waals surface area contributed by atoms with Gasteiger partial charge in [0.2, 0.25) is 0 Å². The Bertz CT molecular complexity index is 562. The van der Waals surface area contributed by atoms with Crippen molar-refractivity contribution in [2.24, 2.45) is 0 Å². The molecule has 0 saturated carbocycles. The molecule has 0 fully saturated rings. The Morgan fingerprint density at radius 1 is 1.18 bits per heavy atom. The first-order valence-electron chi connectivity index (χ1n) is 6.33. The lowest BCUT2D eigenvalue weighted by atomic mass is 9.94. The van der Waals surface area contributed by atoms with Crippen molar-refractivity contribution in [3.8, 4) is 0 Å². The zero-order valence-corrected chi connectivity index (χ0v) is 12.5. The van der Waals surface area contributed by atoms with Gasteiger partial charge in [0, 0.05) is 11.3 Å². The third kappa shape index (κ3) is 4.33. The number of carbonyl (C=O) groups is 1. The summed E-state index contributed by atoms with van der Waals surface area (Å²) in [4.78, 5) is 11.5. The van der Waals surface area contributed by atoms with Crippen molar-refractivity contribution in [3.05, 3.63) is 29.6 Å². The number of aliphatic hydroxyl groups is 1. The molecule has 22 heavy (non-hydrogen) atoms. The van der Waals surface area contributed by atoms with E-state index in [-0.39, 0.29) is 5.69 Å². The summed E-state index contributed by atoms with van der Waals surface area (Å²) in [7, 11) is 0. The van der Waals surface area contributed by atoms with Crippen LogP contribution in [0.15, 0.2) is 18.2 Å². The van der Waals surface area contributed by atoms with Gasteiger partial charge in [-0.2, -0.15) is 13.2 Å². The van der Waals surface area contributed by atoms with E-state index in [1.807, 2.05) is 0 Å². The predicted octanol–water partition coefficient (Wildman–Crippen LogP) is 3.94. The van der Waals surface area contributed by atoms with Crippen molar-refractivity contribution in [2.45, 2.75) is 45.1 Å². The zero-order valence-electron chi connectivity index (χ0n) is 12.5. The summed E-state index contributed by atoms with van der Waals surface area (Å²) < 4.78 is 56.8. The highest BCUT2D eigenvalue weighted by atomic mass is 19.4. The number of hydrogen-bond acceptors (Lipinski definition) is 3. The van der Waals surface area contributed by atoms with E-state index < -0.39 is 34.9 Å². The fraction of sp³-hybridized carbons (Fsp3) is 0.500. The molecule has 0 aliphatic carbocycles. The molecular formula is C14H17F4NO3. The first-order chi connectivity index (χ1) is 9.74. The standard InChI is InChI=1S/C14H17F4NO3/c1-12(2,3)22-11(20)19-8-5-6-9(10(15)7-8)13(4,21)14(16,17)18/h5-7,21H,1-4H3,(H,19,20). The monoisotopic (exact) mass is 323 g/mol. The van der Waals surface area contributed by atoms with Gasteiger partial charge in [-0.1, -0.05) is 6.07 Å². The molecule has 1 amide bonds. The van der Waals surface area contributed by atoms with Crippen molar-refractivity contribution in [2.75, 3.05) is 5.32 Å². The second-order valence-electron chi connectivity index (χ2n) is 5.89. The van der Waals surface area contributed by atoms with Crippen LogP contribution in [0.2, 0.25) is 0 Å². The van der Waals surface area contributed by atoms with E-state index in [4.69, 9.17) is 4.74 Å². The van der Waals surface area contributed by atoms with Gasteiger partial charge in [-0.05, 0) is 39.8 Å². The Labute approximate surface area is 125 Å². The van der Waals surface area contributed by atoms with E-state index in [9.17, 15) is 27.5 Å². The van der Waals surface area contributed by atoms with Gasteiger partial charge in [-0.15, -0.1) is 0 Å². The smallest absolute Gasteiger partial charge is 0.421 e. The van der Waals surface area contributed by atoms with Crippen LogP contribution >= 0.6 is 0 Å². The molecule has 1 aromatic rings. The molecular weight excluding hydrogens is 306 g/mol. The van der Waals surface area contributed by atoms with E-state index in [0.717, 1.165) is 12.1 Å². The summed E-state index contributed by atoms with van der Waals surface area (Å²) in [6.07, 6.45) is -5.91. The Balaban J connectivity index is 2.98. The average Bonchev–Trinajstić information content (AvgIpc) is 2.23. The van der Waals surface area contributed by atoms with Gasteiger partial charge in [0.05, 0.1) is 0 Å². The molecule has 0 radical (unpaired) electrons. The van der Waals surface area contributed by atoms with Gasteiger partial charge in [-0.3, -0.25) is 5.32 Å². The summed E-state index contributed by atoms with van der Waals surface area (Å²) in [5, 5.41) is 11.6. The molecule has 0 aliphatic heterocycles. The Morgan fingerprint density at radius 3 is 2.14 bits per heavy atom. The number of ether oxygens (including phenoxy) is 1. The highest BCUT2D eigenvalue weighted by molar-refractivity contribution is 5.84. The zero-order chi connectivity index (χ0) is 17.3. The van der Waals surface area contributed by atoms with Crippen LogP contribution < -0.4 is 5.32 Å². The Morgan fingerprint density at radius 2 is 1.73 bits per heavy atom. The number of nitrogens with one attached hydrogen (secondary N) is 1. The van der Waals surface area contributed by atoms with Crippen LogP contribution in [-0.4, -0.2) is 23.0 Å². The van der Waals surface area contributed by atoms with Gasteiger partial charge in [0.25, 0.3) is 0 Å². The quantitative estimate of drug-likeness (QED) is 0.811. The van der Waals surface area contributed by atoms with Gasteiger partial charge < -0.3 is 9.84 Å². The first kappa shape index (κ1) is 18.2. The van der Waals surface area contributed by atoms with Crippen molar-refractivity contribution < 1.29 is 32.2 Å². The molecule has 8 heteroatoms. The second kappa shape index (κ2) is 5.75. The highest BCUT2D eigenvalue weighted by Crippen LogP contribution is 2.39. The maximum absolute atomic E-state index is 13.8. The Hall–Kier alpha value is -1.83. The second-order valence-corrected chi connectivity index (χ2v) is 5.89. The maximum Gasteiger partial charge on any atom is 0.421 e.